The number of ether oxygens (including phenoxy) is 1. The smallest absolute Gasteiger partial charge is 0.407 e. The highest BCUT2D eigenvalue weighted by Crippen LogP contribution is 2.51. The Kier molecular flexibility index (Phi) is 6.50. The zero-order valence-corrected chi connectivity index (χ0v) is 20.0. The highest BCUT2D eigenvalue weighted by atomic mass is 16.5. The minimum atomic E-state index is -0.759. The van der Waals surface area contributed by atoms with Crippen LogP contribution in [-0.4, -0.2) is 53.7 Å². The Morgan fingerprint density at radius 3 is 2.20 bits per heavy atom. The fraction of sp³-hybridized carbons (Fsp3) is 0.464. The fourth-order valence-corrected chi connectivity index (χ4v) is 5.92. The summed E-state index contributed by atoms with van der Waals surface area (Å²) in [5.74, 6) is -0.927. The molecule has 3 aliphatic rings. The van der Waals surface area contributed by atoms with Gasteiger partial charge in [0.05, 0.1) is 5.92 Å². The summed E-state index contributed by atoms with van der Waals surface area (Å²) in [5, 5.41) is 12.1. The van der Waals surface area contributed by atoms with Gasteiger partial charge in [-0.2, -0.15) is 0 Å². The Morgan fingerprint density at radius 2 is 1.63 bits per heavy atom. The van der Waals surface area contributed by atoms with Gasteiger partial charge in [-0.25, -0.2) is 4.79 Å². The van der Waals surface area contributed by atoms with Gasteiger partial charge in [-0.3, -0.25) is 9.59 Å². The van der Waals surface area contributed by atoms with Crippen LogP contribution >= 0.6 is 0 Å². The lowest BCUT2D eigenvalue weighted by molar-refractivity contribution is -0.141. The second-order valence-corrected chi connectivity index (χ2v) is 10.0. The Bertz CT molecular complexity index is 1070. The number of alkyl carbamates (subject to hydrolysis) is 1. The molecule has 0 bridgehead atoms. The molecule has 1 saturated carbocycles. The van der Waals surface area contributed by atoms with Crippen LogP contribution in [0.2, 0.25) is 0 Å². The molecular formula is C28H32N2O5. The predicted molar refractivity (Wildman–Crippen MR) is 131 cm³/mol. The molecule has 2 N–H and O–H groups in total. The monoisotopic (exact) mass is 476 g/mol. The van der Waals surface area contributed by atoms with Gasteiger partial charge in [0, 0.05) is 31.5 Å². The van der Waals surface area contributed by atoms with Gasteiger partial charge in [0.1, 0.15) is 6.61 Å². The highest BCUT2D eigenvalue weighted by molar-refractivity contribution is 5.81. The molecule has 1 heterocycles. The zero-order valence-electron chi connectivity index (χ0n) is 20.0. The summed E-state index contributed by atoms with van der Waals surface area (Å²) < 4.78 is 5.68. The van der Waals surface area contributed by atoms with E-state index in [0.717, 1.165) is 24.0 Å². The van der Waals surface area contributed by atoms with Crippen molar-refractivity contribution in [1.82, 2.24) is 10.2 Å². The van der Waals surface area contributed by atoms with Gasteiger partial charge in [0.2, 0.25) is 5.91 Å². The van der Waals surface area contributed by atoms with Crippen molar-refractivity contribution < 1.29 is 24.2 Å². The van der Waals surface area contributed by atoms with Crippen molar-refractivity contribution in [2.45, 2.75) is 44.6 Å². The van der Waals surface area contributed by atoms with Crippen LogP contribution in [0, 0.1) is 17.8 Å². The van der Waals surface area contributed by atoms with Crippen molar-refractivity contribution in [2.75, 3.05) is 19.7 Å². The number of carboxylic acid groups (broad SMARTS) is 1. The standard InChI is InChI=1S/C28H32N2O5/c1-2-3-8-17(13-25(31)30-14-22-23(15-30)26(22)27(32)33)29-28(34)35-16-24-20-11-6-4-9-18(20)19-10-5-7-12-21(19)24/h4-7,9-12,17,22-24,26H,2-3,8,13-16H2,1H3,(H,29,34)(H,32,33)/t17-,22-,23+,26?/m0/s1. The minimum Gasteiger partial charge on any atom is -0.481 e. The van der Waals surface area contributed by atoms with Gasteiger partial charge in [-0.05, 0) is 40.5 Å². The molecule has 1 aliphatic heterocycles. The zero-order chi connectivity index (χ0) is 24.5. The number of hydrogen-bond donors (Lipinski definition) is 2. The molecule has 0 radical (unpaired) electrons. The molecule has 2 aromatic carbocycles. The van der Waals surface area contributed by atoms with Gasteiger partial charge in [0.25, 0.3) is 0 Å². The number of amides is 2. The van der Waals surface area contributed by atoms with E-state index < -0.39 is 12.1 Å². The van der Waals surface area contributed by atoms with Crippen LogP contribution in [-0.2, 0) is 14.3 Å². The first-order valence-electron chi connectivity index (χ1n) is 12.6. The van der Waals surface area contributed by atoms with E-state index in [0.29, 0.717) is 19.5 Å². The first-order valence-corrected chi connectivity index (χ1v) is 12.6. The first kappa shape index (κ1) is 23.4. The van der Waals surface area contributed by atoms with Crippen LogP contribution in [0.4, 0.5) is 4.79 Å². The number of carbonyl (C=O) groups excluding carboxylic acids is 2. The van der Waals surface area contributed by atoms with Crippen molar-refractivity contribution in [3.05, 3.63) is 59.7 Å². The SMILES string of the molecule is CCCC[C@@H](CC(=O)N1C[C@@H]2C(C(=O)O)[C@@H]2C1)NC(=O)OCC1c2ccccc2-c2ccccc21. The third kappa shape index (κ3) is 4.64. The largest absolute Gasteiger partial charge is 0.481 e. The quantitative estimate of drug-likeness (QED) is 0.564. The molecule has 1 unspecified atom stereocenters. The van der Waals surface area contributed by atoms with E-state index in [1.165, 1.54) is 11.1 Å². The van der Waals surface area contributed by atoms with E-state index in [-0.39, 0.29) is 48.6 Å². The summed E-state index contributed by atoms with van der Waals surface area (Å²) in [6.07, 6.45) is 2.27. The Balaban J connectivity index is 1.17. The number of nitrogens with one attached hydrogen (secondary N) is 1. The number of aliphatic carboxylic acids is 1. The Hall–Kier alpha value is -3.35. The second-order valence-electron chi connectivity index (χ2n) is 10.0. The van der Waals surface area contributed by atoms with Gasteiger partial charge < -0.3 is 20.1 Å². The van der Waals surface area contributed by atoms with Gasteiger partial charge >= 0.3 is 12.1 Å². The van der Waals surface area contributed by atoms with Gasteiger partial charge in [-0.1, -0.05) is 68.3 Å². The summed E-state index contributed by atoms with van der Waals surface area (Å²) in [6, 6.07) is 16.1. The number of benzene rings is 2. The van der Waals surface area contributed by atoms with E-state index in [1.807, 2.05) is 24.3 Å². The first-order chi connectivity index (χ1) is 17.0. The van der Waals surface area contributed by atoms with Crippen molar-refractivity contribution in [1.29, 1.82) is 0 Å². The summed E-state index contributed by atoms with van der Waals surface area (Å²) in [7, 11) is 0. The van der Waals surface area contributed by atoms with Crippen molar-refractivity contribution in [3.63, 3.8) is 0 Å². The molecule has 7 heteroatoms. The Morgan fingerprint density at radius 1 is 1.03 bits per heavy atom. The molecule has 0 spiro atoms. The van der Waals surface area contributed by atoms with Crippen molar-refractivity contribution >= 4 is 18.0 Å². The van der Waals surface area contributed by atoms with Crippen LogP contribution in [0.3, 0.4) is 0 Å². The molecule has 2 fully saturated rings. The number of fused-ring (bicyclic) bond motifs is 4. The lowest BCUT2D eigenvalue weighted by atomic mass is 9.98. The molecule has 2 amide bonds. The number of piperidine rings is 1. The van der Waals surface area contributed by atoms with Crippen LogP contribution in [0.5, 0.6) is 0 Å². The van der Waals surface area contributed by atoms with E-state index in [2.05, 4.69) is 36.5 Å². The molecule has 2 aromatic rings. The number of nitrogens with zero attached hydrogens (tertiary/aromatic N) is 1. The van der Waals surface area contributed by atoms with Gasteiger partial charge in [-0.15, -0.1) is 0 Å². The molecule has 35 heavy (non-hydrogen) atoms. The van der Waals surface area contributed by atoms with Crippen LogP contribution in [0.1, 0.15) is 49.7 Å². The molecule has 184 valence electrons. The van der Waals surface area contributed by atoms with Gasteiger partial charge in [0.15, 0.2) is 0 Å². The summed E-state index contributed by atoms with van der Waals surface area (Å²) in [6.45, 7) is 3.32. The normalized spacial score (nSPS) is 22.7. The average molecular weight is 477 g/mol. The number of hydrogen-bond acceptors (Lipinski definition) is 4. The minimum absolute atomic E-state index is 0.0117. The third-order valence-electron chi connectivity index (χ3n) is 7.82. The summed E-state index contributed by atoms with van der Waals surface area (Å²) in [4.78, 5) is 38.6. The maximum atomic E-state index is 12.9. The highest BCUT2D eigenvalue weighted by Gasteiger charge is 2.60. The fourth-order valence-electron chi connectivity index (χ4n) is 5.92. The number of rotatable bonds is 9. The maximum absolute atomic E-state index is 12.9. The number of unbranched alkanes of at least 4 members (excludes halogenated alkanes) is 1. The predicted octanol–water partition coefficient (Wildman–Crippen LogP) is 4.26. The summed E-state index contributed by atoms with van der Waals surface area (Å²) >= 11 is 0. The molecule has 5 rings (SSSR count). The Labute approximate surface area is 205 Å². The van der Waals surface area contributed by atoms with E-state index in [9.17, 15) is 19.5 Å². The number of likely N-dealkylation sites (tertiary alicyclic amines) is 1. The van der Waals surface area contributed by atoms with E-state index >= 15 is 0 Å². The van der Waals surface area contributed by atoms with Crippen molar-refractivity contribution in [3.8, 4) is 11.1 Å². The van der Waals surface area contributed by atoms with E-state index in [4.69, 9.17) is 4.74 Å². The molecule has 7 nitrogen and oxygen atoms in total. The average Bonchev–Trinajstić information content (AvgIpc) is 3.20. The van der Waals surface area contributed by atoms with Crippen LogP contribution in [0.25, 0.3) is 11.1 Å². The van der Waals surface area contributed by atoms with Crippen molar-refractivity contribution in [2.24, 2.45) is 17.8 Å². The second kappa shape index (κ2) is 9.72. The summed E-state index contributed by atoms with van der Waals surface area (Å²) in [5.41, 5.74) is 4.67. The van der Waals surface area contributed by atoms with Crippen LogP contribution < -0.4 is 5.32 Å². The maximum Gasteiger partial charge on any atom is 0.407 e. The topological polar surface area (TPSA) is 95.9 Å². The molecule has 1 saturated heterocycles. The molecule has 0 aromatic heterocycles. The molecule has 2 aliphatic carbocycles. The van der Waals surface area contributed by atoms with E-state index in [1.54, 1.807) is 4.90 Å². The third-order valence-corrected chi connectivity index (χ3v) is 7.82. The number of carboxylic acids is 1. The van der Waals surface area contributed by atoms with Crippen LogP contribution in [0.15, 0.2) is 48.5 Å². The lowest BCUT2D eigenvalue weighted by Gasteiger charge is -2.24. The molecule has 4 atom stereocenters. The number of carbonyl (C=O) groups is 3. The molecular weight excluding hydrogens is 444 g/mol. The lowest BCUT2D eigenvalue weighted by Crippen LogP contribution is -2.41.